The Balaban J connectivity index is 1.38. The molecule has 0 aliphatic carbocycles. The van der Waals surface area contributed by atoms with E-state index in [4.69, 9.17) is 4.98 Å². The second kappa shape index (κ2) is 6.87. The van der Waals surface area contributed by atoms with Crippen LogP contribution in [0.25, 0.3) is 22.7 Å². The molecule has 1 atom stereocenters. The van der Waals surface area contributed by atoms with Crippen LogP contribution in [-0.4, -0.2) is 60.6 Å². The predicted octanol–water partition coefficient (Wildman–Crippen LogP) is 2.70. The van der Waals surface area contributed by atoms with Crippen LogP contribution in [0, 0.1) is 13.8 Å². The van der Waals surface area contributed by atoms with Gasteiger partial charge in [0.15, 0.2) is 5.65 Å². The number of anilines is 1. The average Bonchev–Trinajstić information content (AvgIpc) is 3.34. The minimum atomic E-state index is -0.0982. The van der Waals surface area contributed by atoms with Crippen LogP contribution >= 0.6 is 0 Å². The third-order valence-corrected chi connectivity index (χ3v) is 7.08. The molecule has 0 radical (unpaired) electrons. The standard InChI is InChI=1S/C24H27N7O/c1-16-11-20(27-31-13-17(2)25-23(16)31)19-12-22(32)30-14-18(5-6-21(30)26-19)28-9-10-29-8-4-7-24(29,3)15-28/h5-6,11-14H,4,7-10,15H2,1-3H3. The van der Waals surface area contributed by atoms with Gasteiger partial charge in [0.2, 0.25) is 0 Å². The van der Waals surface area contributed by atoms with Gasteiger partial charge in [-0.15, -0.1) is 0 Å². The molecular weight excluding hydrogens is 402 g/mol. The summed E-state index contributed by atoms with van der Waals surface area (Å²) in [5.41, 5.74) is 5.81. The zero-order chi connectivity index (χ0) is 22.0. The molecule has 1 unspecified atom stereocenters. The normalized spacial score (nSPS) is 21.5. The zero-order valence-electron chi connectivity index (χ0n) is 18.7. The molecule has 0 saturated carbocycles. The molecule has 0 aromatic carbocycles. The SMILES string of the molecule is Cc1cn2nc(-c3cc(=O)n4cc(N5CCN6CCCC6(C)C5)ccc4n3)cc(C)c2n1. The van der Waals surface area contributed by atoms with E-state index in [1.807, 2.05) is 38.4 Å². The van der Waals surface area contributed by atoms with Crippen LogP contribution in [-0.2, 0) is 0 Å². The molecule has 8 heteroatoms. The molecular formula is C24H27N7O. The Morgan fingerprint density at radius 2 is 1.88 bits per heavy atom. The quantitative estimate of drug-likeness (QED) is 0.488. The maximum atomic E-state index is 13.1. The highest BCUT2D eigenvalue weighted by Gasteiger charge is 2.41. The van der Waals surface area contributed by atoms with Gasteiger partial charge in [-0.05, 0) is 63.9 Å². The molecule has 2 fully saturated rings. The molecule has 8 nitrogen and oxygen atoms in total. The van der Waals surface area contributed by atoms with Gasteiger partial charge in [0.05, 0.1) is 23.3 Å². The molecule has 6 heterocycles. The van der Waals surface area contributed by atoms with Crippen molar-refractivity contribution in [2.24, 2.45) is 0 Å². The molecule has 6 rings (SSSR count). The van der Waals surface area contributed by atoms with Crippen molar-refractivity contribution in [2.75, 3.05) is 31.1 Å². The lowest BCUT2D eigenvalue weighted by molar-refractivity contribution is 0.138. The highest BCUT2D eigenvalue weighted by atomic mass is 16.1. The van der Waals surface area contributed by atoms with Gasteiger partial charge in [0, 0.05) is 37.4 Å². The van der Waals surface area contributed by atoms with E-state index < -0.39 is 0 Å². The number of fused-ring (bicyclic) bond motifs is 3. The third kappa shape index (κ3) is 3.01. The summed E-state index contributed by atoms with van der Waals surface area (Å²) in [5, 5.41) is 4.64. The van der Waals surface area contributed by atoms with Gasteiger partial charge >= 0.3 is 0 Å². The number of pyridine rings is 1. The van der Waals surface area contributed by atoms with E-state index in [1.165, 1.54) is 19.4 Å². The summed E-state index contributed by atoms with van der Waals surface area (Å²) in [6, 6.07) is 7.54. The van der Waals surface area contributed by atoms with E-state index in [9.17, 15) is 4.79 Å². The van der Waals surface area contributed by atoms with Crippen molar-refractivity contribution in [3.8, 4) is 11.4 Å². The summed E-state index contributed by atoms with van der Waals surface area (Å²) in [6.07, 6.45) is 6.32. The van der Waals surface area contributed by atoms with E-state index in [0.29, 0.717) is 17.0 Å². The van der Waals surface area contributed by atoms with E-state index >= 15 is 0 Å². The Bertz CT molecular complexity index is 1420. The first kappa shape index (κ1) is 19.4. The Labute approximate surface area is 186 Å². The van der Waals surface area contributed by atoms with Gasteiger partial charge < -0.3 is 4.90 Å². The van der Waals surface area contributed by atoms with E-state index in [-0.39, 0.29) is 11.1 Å². The van der Waals surface area contributed by atoms with Crippen LogP contribution in [0.5, 0.6) is 0 Å². The summed E-state index contributed by atoms with van der Waals surface area (Å²) >= 11 is 0. The lowest BCUT2D eigenvalue weighted by atomic mass is 9.95. The number of nitrogens with zero attached hydrogens (tertiary/aromatic N) is 7. The highest BCUT2D eigenvalue weighted by Crippen LogP contribution is 2.34. The molecule has 0 amide bonds. The minimum Gasteiger partial charge on any atom is -0.367 e. The summed E-state index contributed by atoms with van der Waals surface area (Å²) < 4.78 is 3.41. The Kier molecular flexibility index (Phi) is 4.17. The summed E-state index contributed by atoms with van der Waals surface area (Å²) in [6.45, 7) is 10.5. The maximum Gasteiger partial charge on any atom is 0.258 e. The average molecular weight is 430 g/mol. The monoisotopic (exact) mass is 429 g/mol. The molecule has 2 aliphatic rings. The van der Waals surface area contributed by atoms with Gasteiger partial charge in [-0.3, -0.25) is 14.1 Å². The number of piperazine rings is 1. The second-order valence-corrected chi connectivity index (χ2v) is 9.47. The van der Waals surface area contributed by atoms with Gasteiger partial charge in [-0.25, -0.2) is 14.5 Å². The molecule has 0 N–H and O–H groups in total. The maximum absolute atomic E-state index is 13.1. The van der Waals surface area contributed by atoms with E-state index in [2.05, 4.69) is 32.9 Å². The van der Waals surface area contributed by atoms with Crippen molar-refractivity contribution >= 4 is 17.0 Å². The van der Waals surface area contributed by atoms with Crippen molar-refractivity contribution in [3.05, 3.63) is 58.3 Å². The fourth-order valence-corrected chi connectivity index (χ4v) is 5.37. The first-order chi connectivity index (χ1) is 15.4. The smallest absolute Gasteiger partial charge is 0.258 e. The van der Waals surface area contributed by atoms with Crippen molar-refractivity contribution in [3.63, 3.8) is 0 Å². The van der Waals surface area contributed by atoms with Crippen LogP contribution in [0.3, 0.4) is 0 Å². The number of aryl methyl sites for hydroxylation is 2. The van der Waals surface area contributed by atoms with Crippen molar-refractivity contribution in [2.45, 2.75) is 39.2 Å². The minimum absolute atomic E-state index is 0.0982. The topological polar surface area (TPSA) is 71.0 Å². The van der Waals surface area contributed by atoms with Gasteiger partial charge in [-0.2, -0.15) is 5.10 Å². The number of rotatable bonds is 2. The molecule has 2 saturated heterocycles. The molecule has 32 heavy (non-hydrogen) atoms. The van der Waals surface area contributed by atoms with Gasteiger partial charge in [0.25, 0.3) is 5.56 Å². The first-order valence-electron chi connectivity index (χ1n) is 11.3. The fourth-order valence-electron chi connectivity index (χ4n) is 5.37. The van der Waals surface area contributed by atoms with Crippen molar-refractivity contribution in [1.29, 1.82) is 0 Å². The Hall–Kier alpha value is -3.26. The Morgan fingerprint density at radius 3 is 2.75 bits per heavy atom. The summed E-state index contributed by atoms with van der Waals surface area (Å²) in [7, 11) is 0. The molecule has 0 spiro atoms. The third-order valence-electron chi connectivity index (χ3n) is 7.08. The molecule has 4 aromatic rings. The van der Waals surface area contributed by atoms with Gasteiger partial charge in [-0.1, -0.05) is 0 Å². The number of imidazole rings is 1. The lowest BCUT2D eigenvalue weighted by Gasteiger charge is -2.46. The molecule has 164 valence electrons. The summed E-state index contributed by atoms with van der Waals surface area (Å²) in [4.78, 5) is 27.3. The first-order valence-corrected chi connectivity index (χ1v) is 11.3. The zero-order valence-corrected chi connectivity index (χ0v) is 18.7. The Morgan fingerprint density at radius 1 is 1.00 bits per heavy atom. The molecule has 2 aliphatic heterocycles. The highest BCUT2D eigenvalue weighted by molar-refractivity contribution is 5.62. The van der Waals surface area contributed by atoms with Crippen LogP contribution in [0.15, 0.2) is 41.5 Å². The fraction of sp³-hybridized carbons (Fsp3) is 0.417. The molecule has 0 bridgehead atoms. The van der Waals surface area contributed by atoms with Crippen LogP contribution in [0.2, 0.25) is 0 Å². The molecule has 4 aromatic heterocycles. The number of hydrogen-bond donors (Lipinski definition) is 0. The summed E-state index contributed by atoms with van der Waals surface area (Å²) in [5.74, 6) is 0. The lowest BCUT2D eigenvalue weighted by Crippen LogP contribution is -2.57. The van der Waals surface area contributed by atoms with Gasteiger partial charge in [0.1, 0.15) is 11.3 Å². The van der Waals surface area contributed by atoms with Crippen LogP contribution < -0.4 is 10.5 Å². The predicted molar refractivity (Wildman–Crippen MR) is 124 cm³/mol. The van der Waals surface area contributed by atoms with E-state index in [1.54, 1.807) is 15.0 Å². The largest absolute Gasteiger partial charge is 0.367 e. The number of aromatic nitrogens is 5. The second-order valence-electron chi connectivity index (χ2n) is 9.47. The van der Waals surface area contributed by atoms with Crippen LogP contribution in [0.1, 0.15) is 31.0 Å². The van der Waals surface area contributed by atoms with Crippen LogP contribution in [0.4, 0.5) is 5.69 Å². The van der Waals surface area contributed by atoms with Crippen molar-refractivity contribution in [1.82, 2.24) is 28.9 Å². The number of hydrogen-bond acceptors (Lipinski definition) is 6. The van der Waals surface area contributed by atoms with Crippen molar-refractivity contribution < 1.29 is 0 Å². The van der Waals surface area contributed by atoms with E-state index in [0.717, 1.165) is 42.2 Å².